The second kappa shape index (κ2) is 5.80. The lowest BCUT2D eigenvalue weighted by Crippen LogP contribution is -2.09. The topological polar surface area (TPSA) is 89.6 Å². The van der Waals surface area contributed by atoms with Gasteiger partial charge in [-0.05, 0) is 24.1 Å². The molecule has 0 saturated heterocycles. The van der Waals surface area contributed by atoms with Gasteiger partial charge in [-0.15, -0.1) is 0 Å². The highest BCUT2D eigenvalue weighted by Gasteiger charge is 2.06. The van der Waals surface area contributed by atoms with Gasteiger partial charge in [0, 0.05) is 18.5 Å². The maximum absolute atomic E-state index is 5.35. The Morgan fingerprint density at radius 1 is 1.18 bits per heavy atom. The SMILES string of the molecule is CSc1nc(NN)cc(Sc2ncccn2)n1. The van der Waals surface area contributed by atoms with Crippen molar-refractivity contribution in [2.24, 2.45) is 5.84 Å². The van der Waals surface area contributed by atoms with Crippen molar-refractivity contribution in [1.29, 1.82) is 0 Å². The van der Waals surface area contributed by atoms with Gasteiger partial charge in [-0.3, -0.25) is 0 Å². The molecule has 2 aromatic heterocycles. The predicted molar refractivity (Wildman–Crippen MR) is 67.8 cm³/mol. The third-order valence-corrected chi connectivity index (χ3v) is 3.11. The fraction of sp³-hybridized carbons (Fsp3) is 0.111. The van der Waals surface area contributed by atoms with E-state index in [4.69, 9.17) is 5.84 Å². The van der Waals surface area contributed by atoms with Gasteiger partial charge in [-0.1, -0.05) is 11.8 Å². The summed E-state index contributed by atoms with van der Waals surface area (Å²) >= 11 is 2.82. The first kappa shape index (κ1) is 12.1. The van der Waals surface area contributed by atoms with Gasteiger partial charge in [0.15, 0.2) is 10.3 Å². The molecule has 0 atom stereocenters. The summed E-state index contributed by atoms with van der Waals surface area (Å²) in [5.74, 6) is 5.92. The first-order valence-corrected chi connectivity index (χ1v) is 6.70. The van der Waals surface area contributed by atoms with E-state index in [-0.39, 0.29) is 0 Å². The van der Waals surface area contributed by atoms with Gasteiger partial charge < -0.3 is 5.43 Å². The van der Waals surface area contributed by atoms with Crippen molar-refractivity contribution in [3.63, 3.8) is 0 Å². The Labute approximate surface area is 107 Å². The third-order valence-electron chi connectivity index (χ3n) is 1.75. The molecule has 0 aliphatic heterocycles. The highest BCUT2D eigenvalue weighted by atomic mass is 32.2. The van der Waals surface area contributed by atoms with Crippen LogP contribution in [0.5, 0.6) is 0 Å². The van der Waals surface area contributed by atoms with Crippen molar-refractivity contribution in [1.82, 2.24) is 19.9 Å². The largest absolute Gasteiger partial charge is 0.308 e. The summed E-state index contributed by atoms with van der Waals surface area (Å²) in [5.41, 5.74) is 2.51. The Bertz CT molecular complexity index is 470. The van der Waals surface area contributed by atoms with Crippen LogP contribution in [0.1, 0.15) is 0 Å². The first-order chi connectivity index (χ1) is 8.31. The molecule has 2 aromatic rings. The van der Waals surface area contributed by atoms with Crippen molar-refractivity contribution in [2.75, 3.05) is 11.7 Å². The molecule has 0 spiro atoms. The highest BCUT2D eigenvalue weighted by Crippen LogP contribution is 2.25. The molecular weight excluding hydrogens is 256 g/mol. The Morgan fingerprint density at radius 3 is 2.59 bits per heavy atom. The number of anilines is 1. The van der Waals surface area contributed by atoms with Crippen LogP contribution in [0.25, 0.3) is 0 Å². The Balaban J connectivity index is 2.26. The maximum atomic E-state index is 5.35. The molecule has 0 aliphatic rings. The summed E-state index contributed by atoms with van der Waals surface area (Å²) in [6.07, 6.45) is 5.28. The van der Waals surface area contributed by atoms with E-state index in [1.807, 2.05) is 6.26 Å². The van der Waals surface area contributed by atoms with Gasteiger partial charge in [-0.25, -0.2) is 25.8 Å². The van der Waals surface area contributed by atoms with Gasteiger partial charge in [-0.2, -0.15) is 0 Å². The number of nitrogens with two attached hydrogens (primary N) is 1. The molecule has 0 aromatic carbocycles. The molecule has 88 valence electrons. The van der Waals surface area contributed by atoms with Crippen LogP contribution in [0.15, 0.2) is 39.9 Å². The Morgan fingerprint density at radius 2 is 1.94 bits per heavy atom. The van der Waals surface area contributed by atoms with Crippen molar-refractivity contribution < 1.29 is 0 Å². The van der Waals surface area contributed by atoms with Crippen LogP contribution in [-0.4, -0.2) is 26.2 Å². The number of nitrogen functional groups attached to an aromatic ring is 1. The van der Waals surface area contributed by atoms with E-state index in [0.29, 0.717) is 16.1 Å². The normalized spacial score (nSPS) is 10.2. The van der Waals surface area contributed by atoms with Crippen molar-refractivity contribution >= 4 is 29.3 Å². The number of thioether (sulfide) groups is 1. The summed E-state index contributed by atoms with van der Waals surface area (Å²) in [4.78, 5) is 16.7. The molecule has 2 heterocycles. The van der Waals surface area contributed by atoms with Crippen LogP contribution in [0.2, 0.25) is 0 Å². The van der Waals surface area contributed by atoms with Crippen LogP contribution in [0.4, 0.5) is 5.82 Å². The molecule has 17 heavy (non-hydrogen) atoms. The lowest BCUT2D eigenvalue weighted by molar-refractivity contribution is 0.884. The summed E-state index contributed by atoms with van der Waals surface area (Å²) in [6.45, 7) is 0. The average Bonchev–Trinajstić information content (AvgIpc) is 2.39. The van der Waals surface area contributed by atoms with E-state index in [9.17, 15) is 0 Å². The molecule has 0 unspecified atom stereocenters. The molecule has 6 nitrogen and oxygen atoms in total. The number of nitrogens with one attached hydrogen (secondary N) is 1. The molecule has 0 fully saturated rings. The van der Waals surface area contributed by atoms with Crippen molar-refractivity contribution in [3.05, 3.63) is 24.5 Å². The van der Waals surface area contributed by atoms with Gasteiger partial charge >= 0.3 is 0 Å². The monoisotopic (exact) mass is 266 g/mol. The van der Waals surface area contributed by atoms with Gasteiger partial charge in [0.05, 0.1) is 0 Å². The molecule has 0 saturated carbocycles. The molecule has 8 heteroatoms. The zero-order chi connectivity index (χ0) is 12.1. The summed E-state index contributed by atoms with van der Waals surface area (Å²) < 4.78 is 0. The second-order valence-corrected chi connectivity index (χ2v) is 4.62. The Hall–Kier alpha value is -1.38. The lowest BCUT2D eigenvalue weighted by atomic mass is 10.6. The number of aromatic nitrogens is 4. The van der Waals surface area contributed by atoms with Crippen LogP contribution < -0.4 is 11.3 Å². The van der Waals surface area contributed by atoms with E-state index in [0.717, 1.165) is 5.03 Å². The maximum Gasteiger partial charge on any atom is 0.193 e. The van der Waals surface area contributed by atoms with E-state index in [1.54, 1.807) is 24.5 Å². The number of hydrogen-bond acceptors (Lipinski definition) is 8. The zero-order valence-corrected chi connectivity index (χ0v) is 10.6. The first-order valence-electron chi connectivity index (χ1n) is 4.66. The number of rotatable bonds is 4. The molecule has 3 N–H and O–H groups in total. The summed E-state index contributed by atoms with van der Waals surface area (Å²) in [7, 11) is 0. The number of nitrogens with zero attached hydrogens (tertiary/aromatic N) is 4. The van der Waals surface area contributed by atoms with Crippen LogP contribution in [0.3, 0.4) is 0 Å². The van der Waals surface area contributed by atoms with Crippen LogP contribution in [0, 0.1) is 0 Å². The third kappa shape index (κ3) is 3.29. The van der Waals surface area contributed by atoms with Gasteiger partial charge in [0.25, 0.3) is 0 Å². The lowest BCUT2D eigenvalue weighted by Gasteiger charge is -2.04. The van der Waals surface area contributed by atoms with Gasteiger partial charge in [0.2, 0.25) is 0 Å². The van der Waals surface area contributed by atoms with E-state index >= 15 is 0 Å². The highest BCUT2D eigenvalue weighted by molar-refractivity contribution is 7.99. The quantitative estimate of drug-likeness (QED) is 0.282. The molecule has 0 radical (unpaired) electrons. The number of hydrazine groups is 1. The zero-order valence-electron chi connectivity index (χ0n) is 8.99. The summed E-state index contributed by atoms with van der Waals surface area (Å²) in [5, 5.41) is 2.05. The number of hydrogen-bond donors (Lipinski definition) is 2. The molecular formula is C9H10N6S2. The summed E-state index contributed by atoms with van der Waals surface area (Å²) in [6, 6.07) is 3.52. The van der Waals surface area contributed by atoms with Crippen LogP contribution in [-0.2, 0) is 0 Å². The smallest absolute Gasteiger partial charge is 0.193 e. The second-order valence-electron chi connectivity index (χ2n) is 2.86. The molecule has 0 aliphatic carbocycles. The van der Waals surface area contributed by atoms with Crippen molar-refractivity contribution in [3.8, 4) is 0 Å². The average molecular weight is 266 g/mol. The minimum atomic E-state index is 0.572. The van der Waals surface area contributed by atoms with E-state index in [1.165, 1.54) is 23.5 Å². The van der Waals surface area contributed by atoms with Crippen LogP contribution >= 0.6 is 23.5 Å². The predicted octanol–water partition coefficient (Wildman–Crippen LogP) is 1.43. The van der Waals surface area contributed by atoms with E-state index < -0.39 is 0 Å². The molecule has 0 amide bonds. The van der Waals surface area contributed by atoms with Gasteiger partial charge in [0.1, 0.15) is 10.8 Å². The fourth-order valence-corrected chi connectivity index (χ4v) is 2.21. The molecule has 0 bridgehead atoms. The minimum absolute atomic E-state index is 0.572. The molecule has 2 rings (SSSR count). The van der Waals surface area contributed by atoms with E-state index in [2.05, 4.69) is 25.4 Å². The fourth-order valence-electron chi connectivity index (χ4n) is 1.05. The van der Waals surface area contributed by atoms with Crippen molar-refractivity contribution in [2.45, 2.75) is 15.3 Å². The standard InChI is InChI=1S/C9H10N6S2/c1-16-9-13-6(15-10)5-7(14-9)17-8-11-3-2-4-12-8/h2-5H,10H2,1H3,(H,13,14,15). The minimum Gasteiger partial charge on any atom is -0.308 e. The Kier molecular flexibility index (Phi) is 4.13.